The molecular weight excluding hydrogens is 483 g/mol. The lowest BCUT2D eigenvalue weighted by Gasteiger charge is -2.10. The molecule has 1 rings (SSSR count). The van der Waals surface area contributed by atoms with E-state index in [4.69, 9.17) is 16.3 Å². The molecule has 0 saturated heterocycles. The van der Waals surface area contributed by atoms with E-state index in [1.54, 1.807) is 0 Å². The first kappa shape index (κ1) is 14.0. The molecule has 0 heterocycles. The van der Waals surface area contributed by atoms with Gasteiger partial charge in [-0.1, -0.05) is 0 Å². The van der Waals surface area contributed by atoms with Crippen molar-refractivity contribution in [3.05, 3.63) is 24.0 Å². The van der Waals surface area contributed by atoms with E-state index in [-0.39, 0.29) is 6.61 Å². The fourth-order valence-electron chi connectivity index (χ4n) is 0.811. The zero-order valence-corrected chi connectivity index (χ0v) is 14.1. The summed E-state index contributed by atoms with van der Waals surface area (Å²) in [5.41, 5.74) is 0. The molecular formula is C8H3Br4ClO2. The van der Waals surface area contributed by atoms with Crippen LogP contribution in [0.2, 0.25) is 0 Å². The molecule has 0 atom stereocenters. The predicted octanol–water partition coefficient (Wildman–Crippen LogP) is 4.88. The molecule has 0 radical (unpaired) electrons. The van der Waals surface area contributed by atoms with Crippen LogP contribution in [0.1, 0.15) is 0 Å². The second-order valence-electron chi connectivity index (χ2n) is 2.44. The monoisotopic (exact) mass is 482 g/mol. The van der Waals surface area contributed by atoms with E-state index in [0.717, 1.165) is 13.4 Å². The minimum Gasteiger partial charge on any atom is -0.482 e. The van der Waals surface area contributed by atoms with Gasteiger partial charge in [-0.25, -0.2) is 0 Å². The smallest absolute Gasteiger partial charge is 0.259 e. The third kappa shape index (κ3) is 3.70. The maximum absolute atomic E-state index is 10.6. The Morgan fingerprint density at radius 2 is 1.80 bits per heavy atom. The van der Waals surface area contributed by atoms with Gasteiger partial charge in [0, 0.05) is 8.95 Å². The molecule has 0 aliphatic carbocycles. The molecule has 2 nitrogen and oxygen atoms in total. The molecule has 0 aliphatic rings. The Balaban J connectivity index is 3.07. The number of hydrogen-bond acceptors (Lipinski definition) is 2. The van der Waals surface area contributed by atoms with Crippen molar-refractivity contribution >= 4 is 80.6 Å². The van der Waals surface area contributed by atoms with Gasteiger partial charge in [0.05, 0.1) is 8.95 Å². The molecule has 0 fully saturated rings. The van der Waals surface area contributed by atoms with E-state index in [9.17, 15) is 4.79 Å². The van der Waals surface area contributed by atoms with Gasteiger partial charge in [-0.3, -0.25) is 4.79 Å². The zero-order valence-electron chi connectivity index (χ0n) is 6.99. The molecule has 0 saturated carbocycles. The van der Waals surface area contributed by atoms with Crippen molar-refractivity contribution in [3.63, 3.8) is 0 Å². The van der Waals surface area contributed by atoms with Crippen LogP contribution in [0.5, 0.6) is 5.75 Å². The largest absolute Gasteiger partial charge is 0.482 e. The molecule has 15 heavy (non-hydrogen) atoms. The van der Waals surface area contributed by atoms with Crippen molar-refractivity contribution in [2.24, 2.45) is 0 Å². The first-order chi connectivity index (χ1) is 6.93. The van der Waals surface area contributed by atoms with Crippen LogP contribution in [0.4, 0.5) is 0 Å². The Hall–Kier alpha value is 0.900. The van der Waals surface area contributed by atoms with Crippen LogP contribution >= 0.6 is 75.3 Å². The van der Waals surface area contributed by atoms with Crippen molar-refractivity contribution in [2.75, 3.05) is 6.61 Å². The number of carbonyl (C=O) groups excluding carboxylic acids is 1. The van der Waals surface area contributed by atoms with Crippen LogP contribution < -0.4 is 4.74 Å². The van der Waals surface area contributed by atoms with Crippen LogP contribution in [-0.4, -0.2) is 11.8 Å². The first-order valence-electron chi connectivity index (χ1n) is 3.57. The first-order valence-corrected chi connectivity index (χ1v) is 7.12. The minimum atomic E-state index is -0.548. The quantitative estimate of drug-likeness (QED) is 0.346. The summed E-state index contributed by atoms with van der Waals surface area (Å²) >= 11 is 18.6. The lowest BCUT2D eigenvalue weighted by molar-refractivity contribution is -0.113. The molecule has 0 unspecified atom stereocenters. The average molecular weight is 486 g/mol. The van der Waals surface area contributed by atoms with Gasteiger partial charge in [-0.15, -0.1) is 0 Å². The van der Waals surface area contributed by atoms with E-state index >= 15 is 0 Å². The number of ether oxygens (including phenoxy) is 1. The van der Waals surface area contributed by atoms with Gasteiger partial charge in [-0.2, -0.15) is 0 Å². The van der Waals surface area contributed by atoms with Crippen molar-refractivity contribution in [3.8, 4) is 5.75 Å². The van der Waals surface area contributed by atoms with Gasteiger partial charge in [0.2, 0.25) is 0 Å². The fraction of sp³-hybridized carbons (Fsp3) is 0.125. The standard InChI is InChI=1S/C8H3Br4ClO2/c9-3-1-4(10)8(7(12)6(3)11)15-2-5(13)14/h1H,2H2. The molecule has 0 aliphatic heterocycles. The predicted molar refractivity (Wildman–Crippen MR) is 73.6 cm³/mol. The van der Waals surface area contributed by atoms with Crippen LogP contribution in [0.25, 0.3) is 0 Å². The highest BCUT2D eigenvalue weighted by Crippen LogP contribution is 2.43. The lowest BCUT2D eigenvalue weighted by Crippen LogP contribution is -2.05. The molecule has 0 aromatic heterocycles. The van der Waals surface area contributed by atoms with Crippen molar-refractivity contribution < 1.29 is 9.53 Å². The number of rotatable bonds is 3. The van der Waals surface area contributed by atoms with Gasteiger partial charge in [0.25, 0.3) is 5.24 Å². The van der Waals surface area contributed by atoms with Gasteiger partial charge >= 0.3 is 0 Å². The summed E-state index contributed by atoms with van der Waals surface area (Å²) in [6.07, 6.45) is 0. The summed E-state index contributed by atoms with van der Waals surface area (Å²) in [4.78, 5) is 10.6. The van der Waals surface area contributed by atoms with Crippen molar-refractivity contribution in [2.45, 2.75) is 0 Å². The van der Waals surface area contributed by atoms with Gasteiger partial charge in [0.1, 0.15) is 5.75 Å². The molecule has 0 N–H and O–H groups in total. The van der Waals surface area contributed by atoms with Crippen LogP contribution in [0.3, 0.4) is 0 Å². The summed E-state index contributed by atoms with van der Waals surface area (Å²) in [5, 5.41) is -0.548. The Labute approximate surface area is 125 Å². The summed E-state index contributed by atoms with van der Waals surface area (Å²) in [7, 11) is 0. The van der Waals surface area contributed by atoms with Crippen LogP contribution in [0, 0.1) is 0 Å². The highest BCUT2D eigenvalue weighted by molar-refractivity contribution is 9.14. The van der Waals surface area contributed by atoms with E-state index in [2.05, 4.69) is 63.7 Å². The summed E-state index contributed by atoms with van der Waals surface area (Å²) in [5.74, 6) is 0.527. The topological polar surface area (TPSA) is 26.3 Å². The van der Waals surface area contributed by atoms with Crippen LogP contribution in [0.15, 0.2) is 24.0 Å². The molecule has 0 bridgehead atoms. The van der Waals surface area contributed by atoms with Gasteiger partial charge in [-0.05, 0) is 81.4 Å². The van der Waals surface area contributed by atoms with E-state index in [1.807, 2.05) is 6.07 Å². The number of carbonyl (C=O) groups is 1. The Bertz CT molecular complexity index is 408. The lowest BCUT2D eigenvalue weighted by atomic mass is 10.3. The maximum Gasteiger partial charge on any atom is 0.259 e. The van der Waals surface area contributed by atoms with Gasteiger partial charge < -0.3 is 4.74 Å². The summed E-state index contributed by atoms with van der Waals surface area (Å²) < 4.78 is 8.35. The minimum absolute atomic E-state index is 0.174. The van der Waals surface area contributed by atoms with E-state index in [0.29, 0.717) is 10.2 Å². The molecule has 1 aromatic carbocycles. The Morgan fingerprint density at radius 3 is 2.33 bits per heavy atom. The van der Waals surface area contributed by atoms with E-state index in [1.165, 1.54) is 0 Å². The highest BCUT2D eigenvalue weighted by atomic mass is 79.9. The number of benzene rings is 1. The molecule has 0 amide bonds. The highest BCUT2D eigenvalue weighted by Gasteiger charge is 2.14. The fourth-order valence-corrected chi connectivity index (χ4v) is 3.51. The molecule has 7 heteroatoms. The second-order valence-corrected chi connectivity index (χ2v) is 6.16. The molecule has 82 valence electrons. The maximum atomic E-state index is 10.6. The Kier molecular flexibility index (Phi) is 5.59. The second kappa shape index (κ2) is 6.00. The van der Waals surface area contributed by atoms with Crippen molar-refractivity contribution in [1.82, 2.24) is 0 Å². The third-order valence-corrected chi connectivity index (χ3v) is 5.37. The summed E-state index contributed by atoms with van der Waals surface area (Å²) in [6, 6.07) is 1.81. The molecule has 0 spiro atoms. The number of halogens is 5. The average Bonchev–Trinajstić information content (AvgIpc) is 2.14. The van der Waals surface area contributed by atoms with Crippen LogP contribution in [-0.2, 0) is 4.79 Å². The van der Waals surface area contributed by atoms with Crippen molar-refractivity contribution in [1.29, 1.82) is 0 Å². The molecule has 1 aromatic rings. The SMILES string of the molecule is O=C(Cl)COc1c(Br)cc(Br)c(Br)c1Br. The van der Waals surface area contributed by atoms with Gasteiger partial charge in [0.15, 0.2) is 6.61 Å². The third-order valence-electron chi connectivity index (χ3n) is 1.40. The zero-order chi connectivity index (χ0) is 11.6. The van der Waals surface area contributed by atoms with E-state index < -0.39 is 5.24 Å². The normalized spacial score (nSPS) is 10.2. The Morgan fingerprint density at radius 1 is 1.20 bits per heavy atom. The number of hydrogen-bond donors (Lipinski definition) is 0. The summed E-state index contributed by atoms with van der Waals surface area (Å²) in [6.45, 7) is -0.174.